The number of thiophene rings is 1. The van der Waals surface area contributed by atoms with Gasteiger partial charge >= 0.3 is 0 Å². The Labute approximate surface area is 158 Å². The second-order valence-corrected chi connectivity index (χ2v) is 8.73. The smallest absolute Gasteiger partial charge is 0.245 e. The summed E-state index contributed by atoms with van der Waals surface area (Å²) in [5, 5.41) is 0. The van der Waals surface area contributed by atoms with E-state index in [1.165, 1.54) is 11.0 Å². The predicted octanol–water partition coefficient (Wildman–Crippen LogP) is 4.13. The summed E-state index contributed by atoms with van der Waals surface area (Å²) in [6, 6.07) is 4.14. The Morgan fingerprint density at radius 2 is 2.00 bits per heavy atom. The normalized spacial score (nSPS) is 22.9. The fourth-order valence-electron chi connectivity index (χ4n) is 4.05. The largest absolute Gasteiger partial charge is 0.339 e. The number of rotatable bonds is 4. The topological polar surface area (TPSA) is 40.6 Å². The van der Waals surface area contributed by atoms with Crippen molar-refractivity contribution in [3.05, 3.63) is 34.0 Å². The Balaban J connectivity index is 1.62. The number of nitrogens with zero attached hydrogens (tertiary/aromatic N) is 2. The van der Waals surface area contributed by atoms with Crippen molar-refractivity contribution in [2.24, 2.45) is 11.8 Å². The minimum absolute atomic E-state index is 0.00276. The van der Waals surface area contributed by atoms with E-state index >= 15 is 0 Å². The summed E-state index contributed by atoms with van der Waals surface area (Å²) in [4.78, 5) is 29.9. The molecular weight excluding hydrogens is 356 g/mol. The summed E-state index contributed by atoms with van der Waals surface area (Å²) in [5.41, 5.74) is 0. The molecule has 136 valence electrons. The number of hydrogen-bond acceptors (Lipinski definition) is 3. The van der Waals surface area contributed by atoms with Gasteiger partial charge in [-0.1, -0.05) is 25.1 Å². The lowest BCUT2D eigenvalue weighted by molar-refractivity contribution is -0.138. The third-order valence-corrected chi connectivity index (χ3v) is 6.91. The molecule has 2 atom stereocenters. The van der Waals surface area contributed by atoms with Gasteiger partial charge in [-0.3, -0.25) is 9.59 Å². The highest BCUT2D eigenvalue weighted by molar-refractivity contribution is 7.16. The minimum Gasteiger partial charge on any atom is -0.339 e. The van der Waals surface area contributed by atoms with Gasteiger partial charge < -0.3 is 9.80 Å². The first-order valence-corrected chi connectivity index (χ1v) is 10.2. The van der Waals surface area contributed by atoms with E-state index in [0.29, 0.717) is 5.92 Å². The first-order chi connectivity index (χ1) is 12.0. The van der Waals surface area contributed by atoms with Crippen molar-refractivity contribution < 1.29 is 9.59 Å². The maximum absolute atomic E-state index is 13.1. The molecule has 2 unspecified atom stereocenters. The predicted molar refractivity (Wildman–Crippen MR) is 102 cm³/mol. The molecule has 0 bridgehead atoms. The quantitative estimate of drug-likeness (QED) is 0.737. The minimum atomic E-state index is -0.00777. The molecule has 4 nitrogen and oxygen atoms in total. The lowest BCUT2D eigenvalue weighted by atomic mass is 9.84. The number of amides is 2. The number of piperidine rings is 1. The molecule has 2 aliphatic rings. The Kier molecular flexibility index (Phi) is 5.85. The second kappa shape index (κ2) is 7.92. The van der Waals surface area contributed by atoms with Crippen molar-refractivity contribution in [3.63, 3.8) is 0 Å². The molecular formula is C19H25ClN2O2S. The summed E-state index contributed by atoms with van der Waals surface area (Å²) >= 11 is 7.65. The van der Waals surface area contributed by atoms with Crippen LogP contribution in [0.5, 0.6) is 0 Å². The Hall–Kier alpha value is -1.33. The maximum atomic E-state index is 13.1. The molecule has 0 saturated carbocycles. The van der Waals surface area contributed by atoms with E-state index in [-0.39, 0.29) is 23.8 Å². The number of carbonyl (C=O) groups is 2. The molecule has 0 N–H and O–H groups in total. The fraction of sp³-hybridized carbons (Fsp3) is 0.579. The SMILES string of the molecule is C=CC(=O)N1CCC(C(C)C(=O)N2CCCC2c2ccc(Cl)s2)CC1. The molecule has 0 aromatic carbocycles. The first-order valence-electron chi connectivity index (χ1n) is 8.98. The monoisotopic (exact) mass is 380 g/mol. The van der Waals surface area contributed by atoms with Crippen LogP contribution in [0.2, 0.25) is 4.34 Å². The molecule has 3 heterocycles. The van der Waals surface area contributed by atoms with E-state index in [0.717, 1.165) is 49.7 Å². The Morgan fingerprint density at radius 1 is 1.28 bits per heavy atom. The van der Waals surface area contributed by atoms with E-state index < -0.39 is 0 Å². The Bertz CT molecular complexity index is 652. The molecule has 2 saturated heterocycles. The number of likely N-dealkylation sites (tertiary alicyclic amines) is 2. The van der Waals surface area contributed by atoms with Crippen molar-refractivity contribution in [2.45, 2.75) is 38.6 Å². The zero-order valence-electron chi connectivity index (χ0n) is 14.6. The highest BCUT2D eigenvalue weighted by atomic mass is 35.5. The van der Waals surface area contributed by atoms with Gasteiger partial charge in [0.15, 0.2) is 0 Å². The van der Waals surface area contributed by atoms with Crippen LogP contribution in [0.25, 0.3) is 0 Å². The standard InChI is InChI=1S/C19H25ClN2O2S/c1-3-18(23)21-11-8-14(9-12-21)13(2)19(24)22-10-4-5-15(22)16-6-7-17(20)25-16/h3,6-7,13-15H,1,4-5,8-12H2,2H3. The van der Waals surface area contributed by atoms with Crippen molar-refractivity contribution in [1.29, 1.82) is 0 Å². The summed E-state index contributed by atoms with van der Waals surface area (Å²) in [7, 11) is 0. The number of halogens is 1. The van der Waals surface area contributed by atoms with Gasteiger partial charge in [-0.25, -0.2) is 0 Å². The van der Waals surface area contributed by atoms with Crippen molar-refractivity contribution >= 4 is 34.8 Å². The van der Waals surface area contributed by atoms with Crippen LogP contribution < -0.4 is 0 Å². The molecule has 3 rings (SSSR count). The zero-order valence-corrected chi connectivity index (χ0v) is 16.2. The van der Waals surface area contributed by atoms with E-state index in [4.69, 9.17) is 11.6 Å². The van der Waals surface area contributed by atoms with Crippen molar-refractivity contribution in [2.75, 3.05) is 19.6 Å². The third-order valence-electron chi connectivity index (χ3n) is 5.58. The molecule has 0 aliphatic carbocycles. The molecule has 2 fully saturated rings. The van der Waals surface area contributed by atoms with Crippen LogP contribution >= 0.6 is 22.9 Å². The van der Waals surface area contributed by atoms with Crippen LogP contribution in [0.1, 0.15) is 43.5 Å². The van der Waals surface area contributed by atoms with Crippen LogP contribution in [0.3, 0.4) is 0 Å². The first kappa shape index (κ1) is 18.5. The summed E-state index contributed by atoms with van der Waals surface area (Å²) in [6.45, 7) is 7.87. The fourth-order valence-corrected chi connectivity index (χ4v) is 5.25. The van der Waals surface area contributed by atoms with Crippen LogP contribution in [-0.4, -0.2) is 41.2 Å². The van der Waals surface area contributed by atoms with Crippen molar-refractivity contribution in [3.8, 4) is 0 Å². The molecule has 0 radical (unpaired) electrons. The number of hydrogen-bond donors (Lipinski definition) is 0. The van der Waals surface area contributed by atoms with Crippen LogP contribution in [0, 0.1) is 11.8 Å². The molecule has 25 heavy (non-hydrogen) atoms. The second-order valence-electron chi connectivity index (χ2n) is 6.99. The molecule has 1 aromatic rings. The van der Waals surface area contributed by atoms with Gasteiger partial charge in [0.1, 0.15) is 0 Å². The lowest BCUT2D eigenvalue weighted by Crippen LogP contribution is -2.43. The van der Waals surface area contributed by atoms with E-state index in [1.54, 1.807) is 11.3 Å². The van der Waals surface area contributed by atoms with E-state index in [2.05, 4.69) is 13.5 Å². The highest BCUT2D eigenvalue weighted by Crippen LogP contribution is 2.39. The van der Waals surface area contributed by atoms with E-state index in [1.807, 2.05) is 21.9 Å². The van der Waals surface area contributed by atoms with Gasteiger partial charge in [0, 0.05) is 30.4 Å². The van der Waals surface area contributed by atoms with Crippen LogP contribution in [0.4, 0.5) is 0 Å². The van der Waals surface area contributed by atoms with Gasteiger partial charge in [-0.05, 0) is 49.8 Å². The Morgan fingerprint density at radius 3 is 2.60 bits per heavy atom. The van der Waals surface area contributed by atoms with Gasteiger partial charge in [0.25, 0.3) is 0 Å². The lowest BCUT2D eigenvalue weighted by Gasteiger charge is -2.36. The molecule has 6 heteroatoms. The van der Waals surface area contributed by atoms with Gasteiger partial charge in [0.2, 0.25) is 11.8 Å². The van der Waals surface area contributed by atoms with Crippen LogP contribution in [0.15, 0.2) is 24.8 Å². The molecule has 1 aromatic heterocycles. The van der Waals surface area contributed by atoms with Crippen LogP contribution in [-0.2, 0) is 9.59 Å². The maximum Gasteiger partial charge on any atom is 0.245 e. The van der Waals surface area contributed by atoms with Crippen molar-refractivity contribution in [1.82, 2.24) is 9.80 Å². The highest BCUT2D eigenvalue weighted by Gasteiger charge is 2.37. The van der Waals surface area contributed by atoms with Gasteiger partial charge in [-0.2, -0.15) is 0 Å². The zero-order chi connectivity index (χ0) is 18.0. The average molecular weight is 381 g/mol. The molecule has 0 spiro atoms. The average Bonchev–Trinajstić information content (AvgIpc) is 3.28. The summed E-state index contributed by atoms with van der Waals surface area (Å²) in [6.07, 6.45) is 5.20. The summed E-state index contributed by atoms with van der Waals surface area (Å²) in [5.74, 6) is 0.582. The third kappa shape index (κ3) is 3.93. The molecule has 2 amide bonds. The molecule has 2 aliphatic heterocycles. The summed E-state index contributed by atoms with van der Waals surface area (Å²) < 4.78 is 0.779. The number of carbonyl (C=O) groups excluding carboxylic acids is 2. The van der Waals surface area contributed by atoms with Gasteiger partial charge in [0.05, 0.1) is 10.4 Å². The van der Waals surface area contributed by atoms with Gasteiger partial charge in [-0.15, -0.1) is 11.3 Å². The van der Waals surface area contributed by atoms with E-state index in [9.17, 15) is 9.59 Å².